The Labute approximate surface area is 91.8 Å². The Morgan fingerprint density at radius 1 is 1.33 bits per heavy atom. The molecular formula is C14H19F. The van der Waals surface area contributed by atoms with Crippen LogP contribution in [0.1, 0.15) is 37.0 Å². The first kappa shape index (κ1) is 12.0. The van der Waals surface area contributed by atoms with Gasteiger partial charge in [0.2, 0.25) is 0 Å². The Morgan fingerprint density at radius 3 is 2.47 bits per heavy atom. The quantitative estimate of drug-likeness (QED) is 0.647. The van der Waals surface area contributed by atoms with Crippen LogP contribution in [0.5, 0.6) is 0 Å². The molecule has 0 N–H and O–H groups in total. The minimum absolute atomic E-state index is 0.0319. The number of rotatable bonds is 4. The van der Waals surface area contributed by atoms with Gasteiger partial charge in [-0.2, -0.15) is 0 Å². The van der Waals surface area contributed by atoms with Crippen molar-refractivity contribution >= 4 is 0 Å². The molecule has 0 heterocycles. The molecule has 0 atom stereocenters. The van der Waals surface area contributed by atoms with E-state index in [0.29, 0.717) is 0 Å². The number of benzene rings is 1. The highest BCUT2D eigenvalue weighted by Crippen LogP contribution is 2.19. The van der Waals surface area contributed by atoms with E-state index >= 15 is 0 Å². The molecule has 0 aromatic heterocycles. The Balaban J connectivity index is 2.91. The van der Waals surface area contributed by atoms with Gasteiger partial charge in [-0.1, -0.05) is 24.6 Å². The Bertz CT molecular complexity index is 364. The van der Waals surface area contributed by atoms with Gasteiger partial charge in [-0.3, -0.25) is 0 Å². The van der Waals surface area contributed by atoms with E-state index in [0.717, 1.165) is 41.5 Å². The van der Waals surface area contributed by atoms with E-state index in [-0.39, 0.29) is 5.82 Å². The molecule has 1 aromatic carbocycles. The summed E-state index contributed by atoms with van der Waals surface area (Å²) in [4.78, 5) is 0. The third kappa shape index (κ3) is 2.92. The topological polar surface area (TPSA) is 0 Å². The minimum Gasteiger partial charge on any atom is -0.206 e. The van der Waals surface area contributed by atoms with Crippen LogP contribution >= 0.6 is 0 Å². The van der Waals surface area contributed by atoms with E-state index in [2.05, 4.69) is 13.5 Å². The fourth-order valence-electron chi connectivity index (χ4n) is 1.71. The largest absolute Gasteiger partial charge is 0.206 e. The predicted molar refractivity (Wildman–Crippen MR) is 63.7 cm³/mol. The van der Waals surface area contributed by atoms with Gasteiger partial charge >= 0.3 is 0 Å². The third-order valence-corrected chi connectivity index (χ3v) is 2.78. The molecule has 0 aliphatic heterocycles. The van der Waals surface area contributed by atoms with Crippen molar-refractivity contribution in [2.75, 3.05) is 0 Å². The summed E-state index contributed by atoms with van der Waals surface area (Å²) in [5.41, 5.74) is 3.82. The van der Waals surface area contributed by atoms with Crippen molar-refractivity contribution in [2.45, 2.75) is 40.0 Å². The van der Waals surface area contributed by atoms with E-state index in [4.69, 9.17) is 0 Å². The summed E-state index contributed by atoms with van der Waals surface area (Å²) < 4.78 is 13.9. The zero-order valence-corrected chi connectivity index (χ0v) is 9.86. The van der Waals surface area contributed by atoms with Gasteiger partial charge in [-0.05, 0) is 49.8 Å². The number of allylic oxidation sites excluding steroid dienone is 1. The summed E-state index contributed by atoms with van der Waals surface area (Å²) in [6.07, 6.45) is 2.51. The normalized spacial score (nSPS) is 10.4. The lowest BCUT2D eigenvalue weighted by molar-refractivity contribution is 0.596. The first-order valence-electron chi connectivity index (χ1n) is 5.47. The van der Waals surface area contributed by atoms with E-state index in [1.54, 1.807) is 0 Å². The molecule has 0 amide bonds. The van der Waals surface area contributed by atoms with Crippen LogP contribution in [-0.4, -0.2) is 0 Å². The van der Waals surface area contributed by atoms with E-state index in [1.807, 2.05) is 26.0 Å². The van der Waals surface area contributed by atoms with Crippen molar-refractivity contribution in [3.8, 4) is 0 Å². The van der Waals surface area contributed by atoms with Crippen molar-refractivity contribution in [1.29, 1.82) is 0 Å². The van der Waals surface area contributed by atoms with Crippen molar-refractivity contribution in [3.05, 3.63) is 46.8 Å². The summed E-state index contributed by atoms with van der Waals surface area (Å²) in [7, 11) is 0. The average molecular weight is 206 g/mol. The second-order valence-corrected chi connectivity index (χ2v) is 4.13. The van der Waals surface area contributed by atoms with Gasteiger partial charge in [0.1, 0.15) is 5.82 Å². The van der Waals surface area contributed by atoms with Crippen LogP contribution in [0.25, 0.3) is 0 Å². The van der Waals surface area contributed by atoms with Gasteiger partial charge in [-0.25, -0.2) is 4.39 Å². The summed E-state index contributed by atoms with van der Waals surface area (Å²) >= 11 is 0. The maximum absolute atomic E-state index is 13.9. The van der Waals surface area contributed by atoms with Crippen LogP contribution in [0.4, 0.5) is 4.39 Å². The zero-order valence-electron chi connectivity index (χ0n) is 9.86. The molecule has 1 aromatic rings. The van der Waals surface area contributed by atoms with Gasteiger partial charge < -0.3 is 0 Å². The maximum atomic E-state index is 13.9. The van der Waals surface area contributed by atoms with Crippen LogP contribution in [-0.2, 0) is 12.8 Å². The molecule has 1 rings (SSSR count). The van der Waals surface area contributed by atoms with Gasteiger partial charge in [-0.15, -0.1) is 6.58 Å². The highest BCUT2D eigenvalue weighted by atomic mass is 19.1. The van der Waals surface area contributed by atoms with E-state index in [1.165, 1.54) is 0 Å². The standard InChI is InChI=1S/C14H19F/c1-5-12-8-9-13(7-6-10(2)3)14(15)11(12)4/h8-9H,2,5-7H2,1,3-4H3. The summed E-state index contributed by atoms with van der Waals surface area (Å²) in [5.74, 6) is -0.0319. The molecule has 82 valence electrons. The number of hydrogen-bond donors (Lipinski definition) is 0. The van der Waals surface area contributed by atoms with Gasteiger partial charge in [0.15, 0.2) is 0 Å². The molecule has 0 aliphatic carbocycles. The average Bonchev–Trinajstić information content (AvgIpc) is 2.20. The van der Waals surface area contributed by atoms with Crippen LogP contribution in [0, 0.1) is 12.7 Å². The summed E-state index contributed by atoms with van der Waals surface area (Å²) in [6, 6.07) is 3.94. The Hall–Kier alpha value is -1.11. The fraction of sp³-hybridized carbons (Fsp3) is 0.429. The number of hydrogen-bond acceptors (Lipinski definition) is 0. The highest BCUT2D eigenvalue weighted by Gasteiger charge is 2.08. The third-order valence-electron chi connectivity index (χ3n) is 2.78. The zero-order chi connectivity index (χ0) is 11.4. The van der Waals surface area contributed by atoms with Crippen LogP contribution < -0.4 is 0 Å². The van der Waals surface area contributed by atoms with Crippen molar-refractivity contribution < 1.29 is 4.39 Å². The molecule has 0 saturated carbocycles. The lowest BCUT2D eigenvalue weighted by Crippen LogP contribution is -1.98. The second-order valence-electron chi connectivity index (χ2n) is 4.13. The minimum atomic E-state index is -0.0319. The molecule has 15 heavy (non-hydrogen) atoms. The number of aryl methyl sites for hydroxylation is 2. The Kier molecular flexibility index (Phi) is 4.07. The first-order chi connectivity index (χ1) is 7.06. The summed E-state index contributed by atoms with van der Waals surface area (Å²) in [6.45, 7) is 9.72. The van der Waals surface area contributed by atoms with E-state index < -0.39 is 0 Å². The molecule has 0 nitrogen and oxygen atoms in total. The van der Waals surface area contributed by atoms with Gasteiger partial charge in [0, 0.05) is 0 Å². The molecule has 0 spiro atoms. The maximum Gasteiger partial charge on any atom is 0.129 e. The van der Waals surface area contributed by atoms with Gasteiger partial charge in [0.25, 0.3) is 0 Å². The molecular weight excluding hydrogens is 187 g/mol. The second kappa shape index (κ2) is 5.11. The van der Waals surface area contributed by atoms with Crippen LogP contribution in [0.3, 0.4) is 0 Å². The fourth-order valence-corrected chi connectivity index (χ4v) is 1.71. The lowest BCUT2D eigenvalue weighted by atomic mass is 9.98. The monoisotopic (exact) mass is 206 g/mol. The molecule has 0 aliphatic rings. The smallest absolute Gasteiger partial charge is 0.129 e. The lowest BCUT2D eigenvalue weighted by Gasteiger charge is -2.09. The van der Waals surface area contributed by atoms with Gasteiger partial charge in [0.05, 0.1) is 0 Å². The predicted octanol–water partition coefficient (Wildman–Crippen LogP) is 4.21. The first-order valence-corrected chi connectivity index (χ1v) is 5.47. The molecule has 0 bridgehead atoms. The number of halogens is 1. The Morgan fingerprint density at radius 2 is 1.93 bits per heavy atom. The van der Waals surface area contributed by atoms with Crippen molar-refractivity contribution in [1.82, 2.24) is 0 Å². The van der Waals surface area contributed by atoms with Crippen LogP contribution in [0.2, 0.25) is 0 Å². The molecule has 0 unspecified atom stereocenters. The summed E-state index contributed by atoms with van der Waals surface area (Å²) in [5, 5.41) is 0. The molecule has 0 saturated heterocycles. The molecule has 0 fully saturated rings. The van der Waals surface area contributed by atoms with Crippen molar-refractivity contribution in [3.63, 3.8) is 0 Å². The highest BCUT2D eigenvalue weighted by molar-refractivity contribution is 5.33. The van der Waals surface area contributed by atoms with Crippen LogP contribution in [0.15, 0.2) is 24.3 Å². The van der Waals surface area contributed by atoms with E-state index in [9.17, 15) is 4.39 Å². The molecule has 0 radical (unpaired) electrons. The van der Waals surface area contributed by atoms with Crippen molar-refractivity contribution in [2.24, 2.45) is 0 Å². The molecule has 1 heteroatoms. The SMILES string of the molecule is C=C(C)CCc1ccc(CC)c(C)c1F.